The molecule has 53 heavy (non-hydrogen) atoms. The highest BCUT2D eigenvalue weighted by molar-refractivity contribution is 5.89. The molecule has 0 spiro atoms. The van der Waals surface area contributed by atoms with Gasteiger partial charge in [0.2, 0.25) is 5.95 Å². The maximum atomic E-state index is 15.5. The van der Waals surface area contributed by atoms with E-state index in [0.717, 1.165) is 78.7 Å². The van der Waals surface area contributed by atoms with Crippen molar-refractivity contribution in [2.45, 2.75) is 103 Å². The zero-order valence-electron chi connectivity index (χ0n) is 31.2. The van der Waals surface area contributed by atoms with Gasteiger partial charge in [0.05, 0.1) is 17.9 Å². The monoisotopic (exact) mass is 719 g/mol. The van der Waals surface area contributed by atoms with Gasteiger partial charge in [0, 0.05) is 30.6 Å². The van der Waals surface area contributed by atoms with Crippen LogP contribution in [0.2, 0.25) is 0 Å². The molecule has 5 aromatic rings. The van der Waals surface area contributed by atoms with Gasteiger partial charge in [0.1, 0.15) is 29.2 Å². The Balaban J connectivity index is 1.00. The first-order valence-electron chi connectivity index (χ1n) is 19.2. The molecule has 3 aromatic heterocycles. The summed E-state index contributed by atoms with van der Waals surface area (Å²) in [5.74, 6) is 1.62. The zero-order chi connectivity index (χ0) is 36.7. The van der Waals surface area contributed by atoms with Gasteiger partial charge in [-0.1, -0.05) is 51.1 Å². The number of aromatic nitrogens is 5. The van der Waals surface area contributed by atoms with Crippen LogP contribution in [-0.2, 0) is 12.0 Å². The SMILES string of the molecule is C[C@H]1CCCCN1c1nnc2ccc(O[C@@H]3CC[C@H](NC(=O)Nc4cc(C(C)(C)C)nn4-c4cc(CN5CCCC5)ccc4F)c4ccccc43)cn12. The number of anilines is 2. The fourth-order valence-corrected chi connectivity index (χ4v) is 8.06. The van der Waals surface area contributed by atoms with Crippen LogP contribution in [0, 0.1) is 5.82 Å². The van der Waals surface area contributed by atoms with Crippen molar-refractivity contribution in [3.63, 3.8) is 0 Å². The molecule has 1 aliphatic carbocycles. The van der Waals surface area contributed by atoms with Crippen molar-refractivity contribution >= 4 is 23.4 Å². The summed E-state index contributed by atoms with van der Waals surface area (Å²) >= 11 is 0. The lowest BCUT2D eigenvalue weighted by molar-refractivity contribution is 0.171. The number of nitrogens with one attached hydrogen (secondary N) is 2. The number of hydrogen-bond donors (Lipinski definition) is 2. The number of benzene rings is 2. The topological polar surface area (TPSA) is 105 Å². The van der Waals surface area contributed by atoms with E-state index in [-0.39, 0.29) is 23.6 Å². The van der Waals surface area contributed by atoms with Crippen LogP contribution in [0.25, 0.3) is 11.3 Å². The van der Waals surface area contributed by atoms with Crippen molar-refractivity contribution in [2.75, 3.05) is 29.9 Å². The van der Waals surface area contributed by atoms with Crippen LogP contribution in [0.15, 0.2) is 66.9 Å². The van der Waals surface area contributed by atoms with E-state index in [4.69, 9.17) is 9.84 Å². The summed E-state index contributed by atoms with van der Waals surface area (Å²) < 4.78 is 25.7. The van der Waals surface area contributed by atoms with E-state index in [1.165, 1.54) is 30.0 Å². The lowest BCUT2D eigenvalue weighted by Crippen LogP contribution is -2.38. The Bertz CT molecular complexity index is 2100. The van der Waals surface area contributed by atoms with Crippen LogP contribution in [0.4, 0.5) is 21.0 Å². The molecular formula is C41H50FN9O2. The number of carbonyl (C=O) groups excluding carboxylic acids is 1. The van der Waals surface area contributed by atoms with Gasteiger partial charge in [-0.25, -0.2) is 13.9 Å². The first-order chi connectivity index (χ1) is 25.6. The van der Waals surface area contributed by atoms with Gasteiger partial charge in [-0.05, 0) is 106 Å². The number of urea groups is 1. The minimum Gasteiger partial charge on any atom is -0.484 e. The van der Waals surface area contributed by atoms with Gasteiger partial charge < -0.3 is 15.0 Å². The largest absolute Gasteiger partial charge is 0.484 e. The molecule has 2 N–H and O–H groups in total. The van der Waals surface area contributed by atoms with Crippen molar-refractivity contribution in [3.8, 4) is 11.4 Å². The second-order valence-electron chi connectivity index (χ2n) is 15.9. The Morgan fingerprint density at radius 3 is 2.51 bits per heavy atom. The van der Waals surface area contributed by atoms with Crippen molar-refractivity contribution < 1.29 is 13.9 Å². The number of amides is 2. The van der Waals surface area contributed by atoms with Crippen molar-refractivity contribution in [1.29, 1.82) is 0 Å². The molecule has 12 heteroatoms. The van der Waals surface area contributed by atoms with Crippen molar-refractivity contribution in [3.05, 3.63) is 95.1 Å². The zero-order valence-corrected chi connectivity index (χ0v) is 31.2. The average molecular weight is 720 g/mol. The fourth-order valence-electron chi connectivity index (χ4n) is 8.06. The fraction of sp³-hybridized carbons (Fsp3) is 0.463. The normalized spacial score (nSPS) is 20.8. The van der Waals surface area contributed by atoms with Crippen LogP contribution in [-0.4, -0.2) is 61.0 Å². The van der Waals surface area contributed by atoms with Crippen LogP contribution >= 0.6 is 0 Å². The molecule has 2 aliphatic heterocycles. The summed E-state index contributed by atoms with van der Waals surface area (Å²) in [6.45, 7) is 12.2. The van der Waals surface area contributed by atoms with Crippen LogP contribution in [0.1, 0.15) is 107 Å². The number of nitrogens with zero attached hydrogens (tertiary/aromatic N) is 7. The molecule has 2 saturated heterocycles. The Hall–Kier alpha value is -4.97. The van der Waals surface area contributed by atoms with Gasteiger partial charge >= 0.3 is 6.03 Å². The Morgan fingerprint density at radius 2 is 1.72 bits per heavy atom. The maximum Gasteiger partial charge on any atom is 0.320 e. The summed E-state index contributed by atoms with van der Waals surface area (Å²) in [5.41, 5.74) is 4.61. The van der Waals surface area contributed by atoms with E-state index in [1.54, 1.807) is 0 Å². The molecule has 3 atom stereocenters. The van der Waals surface area contributed by atoms with E-state index < -0.39 is 5.82 Å². The van der Waals surface area contributed by atoms with Crippen LogP contribution < -0.4 is 20.3 Å². The summed E-state index contributed by atoms with van der Waals surface area (Å²) in [5, 5.41) is 20.0. The Labute approximate surface area is 310 Å². The molecule has 3 aliphatic rings. The summed E-state index contributed by atoms with van der Waals surface area (Å²) in [6, 6.07) is 18.9. The number of piperidine rings is 1. The van der Waals surface area contributed by atoms with Crippen molar-refractivity contribution in [2.24, 2.45) is 0 Å². The number of halogens is 1. The van der Waals surface area contributed by atoms with E-state index in [0.29, 0.717) is 30.4 Å². The number of carbonyl (C=O) groups is 1. The third-order valence-corrected chi connectivity index (χ3v) is 11.0. The average Bonchev–Trinajstić information content (AvgIpc) is 3.91. The highest BCUT2D eigenvalue weighted by atomic mass is 19.1. The highest BCUT2D eigenvalue weighted by Gasteiger charge is 2.31. The van der Waals surface area contributed by atoms with Gasteiger partial charge in [0.15, 0.2) is 5.65 Å². The standard InChI is InChI=1S/C41H50FN9O2/c1-27-11-7-8-22-49(27)40-46-45-37-19-15-29(26-50(37)40)53-35-18-17-33(30-12-5-6-13-31(30)35)43-39(52)44-38-24-36(41(2,3)4)47-51(38)34-23-28(14-16-32(34)42)25-48-20-9-10-21-48/h5-6,12-16,19,23-24,26-27,33,35H,7-11,17-18,20-22,25H2,1-4H3,(H2,43,44,52)/t27-,33-,35+/m0/s1. The summed E-state index contributed by atoms with van der Waals surface area (Å²) in [6.07, 6.45) is 9.08. The van der Waals surface area contributed by atoms with Crippen LogP contribution in [0.3, 0.4) is 0 Å². The summed E-state index contributed by atoms with van der Waals surface area (Å²) in [4.78, 5) is 18.5. The molecule has 0 bridgehead atoms. The van der Waals surface area contributed by atoms with Gasteiger partial charge in [0.25, 0.3) is 0 Å². The molecular weight excluding hydrogens is 670 g/mol. The molecule has 278 valence electrons. The molecule has 0 radical (unpaired) electrons. The van der Waals surface area contributed by atoms with Gasteiger partial charge in [-0.15, -0.1) is 10.2 Å². The Kier molecular flexibility index (Phi) is 9.57. The van der Waals surface area contributed by atoms with Crippen LogP contribution in [0.5, 0.6) is 5.75 Å². The Morgan fingerprint density at radius 1 is 0.925 bits per heavy atom. The minimum absolute atomic E-state index is 0.190. The second-order valence-corrected chi connectivity index (χ2v) is 15.9. The van der Waals surface area contributed by atoms with E-state index in [1.807, 2.05) is 53.1 Å². The van der Waals surface area contributed by atoms with Gasteiger partial charge in [-0.3, -0.25) is 14.6 Å². The van der Waals surface area contributed by atoms with E-state index in [9.17, 15) is 4.79 Å². The molecule has 0 unspecified atom stereocenters. The molecule has 8 rings (SSSR count). The van der Waals surface area contributed by atoms with Crippen molar-refractivity contribution in [1.82, 2.24) is 34.6 Å². The third-order valence-electron chi connectivity index (χ3n) is 11.0. The summed E-state index contributed by atoms with van der Waals surface area (Å²) in [7, 11) is 0. The quantitative estimate of drug-likeness (QED) is 0.167. The number of ether oxygens (including phenoxy) is 1. The smallest absolute Gasteiger partial charge is 0.320 e. The number of hydrogen-bond acceptors (Lipinski definition) is 7. The number of pyridine rings is 1. The lowest BCUT2D eigenvalue weighted by Gasteiger charge is -2.33. The van der Waals surface area contributed by atoms with E-state index in [2.05, 4.69) is 70.5 Å². The van der Waals surface area contributed by atoms with Gasteiger partial charge in [-0.2, -0.15) is 5.10 Å². The minimum atomic E-state index is -0.393. The molecule has 2 fully saturated rings. The first-order valence-corrected chi connectivity index (χ1v) is 19.2. The first kappa shape index (κ1) is 35.1. The third kappa shape index (κ3) is 7.33. The molecule has 0 saturated carbocycles. The molecule has 11 nitrogen and oxygen atoms in total. The second kappa shape index (κ2) is 14.5. The van der Waals surface area contributed by atoms with E-state index >= 15 is 4.39 Å². The number of fused-ring (bicyclic) bond motifs is 2. The number of rotatable bonds is 8. The predicted octanol–water partition coefficient (Wildman–Crippen LogP) is 8.10. The molecule has 5 heterocycles. The number of likely N-dealkylation sites (tertiary alicyclic amines) is 1. The lowest BCUT2D eigenvalue weighted by atomic mass is 9.85. The highest BCUT2D eigenvalue weighted by Crippen LogP contribution is 2.39. The maximum absolute atomic E-state index is 15.5. The predicted molar refractivity (Wildman–Crippen MR) is 204 cm³/mol. The molecule has 2 aromatic carbocycles. The molecule has 2 amide bonds.